The van der Waals surface area contributed by atoms with E-state index in [4.69, 9.17) is 12.2 Å². The summed E-state index contributed by atoms with van der Waals surface area (Å²) in [5.41, 5.74) is 0. The average Bonchev–Trinajstić information content (AvgIpc) is 2.47. The first-order valence-electron chi connectivity index (χ1n) is 8.04. The molecule has 0 aromatic heterocycles. The molecule has 1 unspecified atom stereocenters. The van der Waals surface area contributed by atoms with Crippen molar-refractivity contribution in [2.75, 3.05) is 19.6 Å². The Hall–Kier alpha value is -0.350. The number of rotatable bonds is 4. The lowest BCUT2D eigenvalue weighted by atomic mass is 9.96. The van der Waals surface area contributed by atoms with E-state index >= 15 is 0 Å². The summed E-state index contributed by atoms with van der Waals surface area (Å²) in [7, 11) is 0. The third-order valence-electron chi connectivity index (χ3n) is 4.51. The average molecular weight is 283 g/mol. The molecule has 1 aliphatic heterocycles. The summed E-state index contributed by atoms with van der Waals surface area (Å²) in [4.78, 5) is 2.58. The van der Waals surface area contributed by atoms with Gasteiger partial charge in [0, 0.05) is 18.6 Å². The molecule has 0 amide bonds. The van der Waals surface area contributed by atoms with E-state index in [0.717, 1.165) is 11.7 Å². The Kier molecular flexibility index (Phi) is 6.38. The van der Waals surface area contributed by atoms with Crippen LogP contribution in [0.3, 0.4) is 0 Å². The van der Waals surface area contributed by atoms with Gasteiger partial charge in [0.25, 0.3) is 0 Å². The lowest BCUT2D eigenvalue weighted by Gasteiger charge is -2.33. The summed E-state index contributed by atoms with van der Waals surface area (Å²) < 4.78 is 0. The molecule has 2 aliphatic rings. The van der Waals surface area contributed by atoms with Crippen LogP contribution in [0.5, 0.6) is 0 Å². The standard InChI is InChI=1S/C15H29N3S/c1-13(18-10-6-3-7-11-18)12-16-15(19)17-14-8-4-2-5-9-14/h13-14H,2-12H2,1H3,(H2,16,17,19). The first-order valence-corrected chi connectivity index (χ1v) is 8.45. The monoisotopic (exact) mass is 283 g/mol. The lowest BCUT2D eigenvalue weighted by Crippen LogP contribution is -2.48. The van der Waals surface area contributed by atoms with Crippen molar-refractivity contribution in [1.82, 2.24) is 15.5 Å². The molecule has 1 heterocycles. The van der Waals surface area contributed by atoms with Gasteiger partial charge in [-0.3, -0.25) is 4.90 Å². The molecule has 1 aliphatic carbocycles. The van der Waals surface area contributed by atoms with E-state index in [1.807, 2.05) is 0 Å². The number of thiocarbonyl (C=S) groups is 1. The van der Waals surface area contributed by atoms with Crippen LogP contribution in [0.1, 0.15) is 58.3 Å². The van der Waals surface area contributed by atoms with Gasteiger partial charge in [0.2, 0.25) is 0 Å². The van der Waals surface area contributed by atoms with Gasteiger partial charge in [0.1, 0.15) is 0 Å². The Morgan fingerprint density at radius 2 is 1.74 bits per heavy atom. The van der Waals surface area contributed by atoms with Gasteiger partial charge in [-0.2, -0.15) is 0 Å². The molecule has 0 aromatic rings. The number of nitrogens with one attached hydrogen (secondary N) is 2. The Balaban J connectivity index is 1.61. The van der Waals surface area contributed by atoms with Crippen molar-refractivity contribution in [3.05, 3.63) is 0 Å². The molecule has 0 spiro atoms. The number of hydrogen-bond donors (Lipinski definition) is 2. The molecular formula is C15H29N3S. The van der Waals surface area contributed by atoms with Crippen molar-refractivity contribution in [2.45, 2.75) is 70.4 Å². The fourth-order valence-electron chi connectivity index (χ4n) is 3.21. The molecule has 1 saturated carbocycles. The summed E-state index contributed by atoms with van der Waals surface area (Å²) in [6, 6.07) is 1.20. The Morgan fingerprint density at radius 1 is 1.11 bits per heavy atom. The molecule has 0 aromatic carbocycles. The second kappa shape index (κ2) is 8.05. The molecule has 2 fully saturated rings. The molecule has 2 rings (SSSR count). The molecule has 110 valence electrons. The topological polar surface area (TPSA) is 27.3 Å². The van der Waals surface area contributed by atoms with Gasteiger partial charge in [-0.05, 0) is 57.9 Å². The molecular weight excluding hydrogens is 254 g/mol. The van der Waals surface area contributed by atoms with Crippen LogP contribution in [0.4, 0.5) is 0 Å². The van der Waals surface area contributed by atoms with Crippen molar-refractivity contribution in [2.24, 2.45) is 0 Å². The Morgan fingerprint density at radius 3 is 2.42 bits per heavy atom. The largest absolute Gasteiger partial charge is 0.361 e. The van der Waals surface area contributed by atoms with E-state index < -0.39 is 0 Å². The minimum absolute atomic E-state index is 0.589. The number of likely N-dealkylation sites (tertiary alicyclic amines) is 1. The molecule has 4 heteroatoms. The van der Waals surface area contributed by atoms with Crippen LogP contribution in [0, 0.1) is 0 Å². The molecule has 3 nitrogen and oxygen atoms in total. The van der Waals surface area contributed by atoms with Gasteiger partial charge in [0.05, 0.1) is 0 Å². The highest BCUT2D eigenvalue weighted by atomic mass is 32.1. The van der Waals surface area contributed by atoms with Crippen LogP contribution in [-0.4, -0.2) is 41.7 Å². The van der Waals surface area contributed by atoms with Crippen molar-refractivity contribution in [3.63, 3.8) is 0 Å². The van der Waals surface area contributed by atoms with Crippen LogP contribution in [0.15, 0.2) is 0 Å². The Bertz CT molecular complexity index is 271. The van der Waals surface area contributed by atoms with E-state index in [1.165, 1.54) is 64.5 Å². The fraction of sp³-hybridized carbons (Fsp3) is 0.933. The van der Waals surface area contributed by atoms with Gasteiger partial charge in [0.15, 0.2) is 5.11 Å². The predicted molar refractivity (Wildman–Crippen MR) is 85.5 cm³/mol. The second-order valence-electron chi connectivity index (χ2n) is 6.13. The SMILES string of the molecule is CC(CNC(=S)NC1CCCCC1)N1CCCCC1. The highest BCUT2D eigenvalue weighted by Crippen LogP contribution is 2.17. The highest BCUT2D eigenvalue weighted by Gasteiger charge is 2.17. The summed E-state index contributed by atoms with van der Waals surface area (Å²) in [6.45, 7) is 5.79. The fourth-order valence-corrected chi connectivity index (χ4v) is 3.46. The highest BCUT2D eigenvalue weighted by molar-refractivity contribution is 7.80. The smallest absolute Gasteiger partial charge is 0.166 e. The van der Waals surface area contributed by atoms with Crippen LogP contribution in [0.2, 0.25) is 0 Å². The molecule has 1 atom stereocenters. The van der Waals surface area contributed by atoms with E-state index in [0.29, 0.717) is 12.1 Å². The van der Waals surface area contributed by atoms with E-state index in [1.54, 1.807) is 0 Å². The number of piperidine rings is 1. The van der Waals surface area contributed by atoms with Gasteiger partial charge in [-0.15, -0.1) is 0 Å². The lowest BCUT2D eigenvalue weighted by molar-refractivity contribution is 0.174. The molecule has 0 bridgehead atoms. The normalized spacial score (nSPS) is 23.8. The maximum absolute atomic E-state index is 5.41. The van der Waals surface area contributed by atoms with Crippen molar-refractivity contribution < 1.29 is 0 Å². The summed E-state index contributed by atoms with van der Waals surface area (Å²) >= 11 is 5.41. The third-order valence-corrected chi connectivity index (χ3v) is 4.77. The van der Waals surface area contributed by atoms with E-state index in [2.05, 4.69) is 22.5 Å². The predicted octanol–water partition coefficient (Wildman–Crippen LogP) is 2.66. The first kappa shape index (κ1) is 15.0. The van der Waals surface area contributed by atoms with Crippen LogP contribution < -0.4 is 10.6 Å². The van der Waals surface area contributed by atoms with Crippen LogP contribution in [0.25, 0.3) is 0 Å². The van der Waals surface area contributed by atoms with Crippen LogP contribution in [-0.2, 0) is 0 Å². The summed E-state index contributed by atoms with van der Waals surface area (Å²) in [5.74, 6) is 0. The quantitative estimate of drug-likeness (QED) is 0.776. The zero-order valence-corrected chi connectivity index (χ0v) is 13.1. The number of hydrogen-bond acceptors (Lipinski definition) is 2. The van der Waals surface area contributed by atoms with E-state index in [-0.39, 0.29) is 0 Å². The second-order valence-corrected chi connectivity index (χ2v) is 6.54. The summed E-state index contributed by atoms with van der Waals surface area (Å²) in [5, 5.41) is 7.74. The van der Waals surface area contributed by atoms with Crippen molar-refractivity contribution in [3.8, 4) is 0 Å². The molecule has 1 saturated heterocycles. The minimum atomic E-state index is 0.589. The number of nitrogens with zero attached hydrogens (tertiary/aromatic N) is 1. The van der Waals surface area contributed by atoms with Gasteiger partial charge < -0.3 is 10.6 Å². The van der Waals surface area contributed by atoms with Gasteiger partial charge in [-0.1, -0.05) is 25.7 Å². The zero-order chi connectivity index (χ0) is 13.5. The maximum Gasteiger partial charge on any atom is 0.166 e. The maximum atomic E-state index is 5.41. The van der Waals surface area contributed by atoms with Crippen molar-refractivity contribution >= 4 is 17.3 Å². The molecule has 0 radical (unpaired) electrons. The Labute approximate surface area is 123 Å². The summed E-state index contributed by atoms with van der Waals surface area (Å²) in [6.07, 6.45) is 10.8. The molecule has 19 heavy (non-hydrogen) atoms. The van der Waals surface area contributed by atoms with E-state index in [9.17, 15) is 0 Å². The minimum Gasteiger partial charge on any atom is -0.361 e. The zero-order valence-electron chi connectivity index (χ0n) is 12.3. The van der Waals surface area contributed by atoms with Crippen molar-refractivity contribution in [1.29, 1.82) is 0 Å². The van der Waals surface area contributed by atoms with Gasteiger partial charge >= 0.3 is 0 Å². The first-order chi connectivity index (χ1) is 9.25. The third kappa shape index (κ3) is 5.27. The molecule has 2 N–H and O–H groups in total. The van der Waals surface area contributed by atoms with Crippen LogP contribution >= 0.6 is 12.2 Å². The van der Waals surface area contributed by atoms with Gasteiger partial charge in [-0.25, -0.2) is 0 Å².